The summed E-state index contributed by atoms with van der Waals surface area (Å²) in [6.45, 7) is 0. The van der Waals surface area contributed by atoms with E-state index in [0.29, 0.717) is 42.3 Å². The van der Waals surface area contributed by atoms with Gasteiger partial charge in [0.25, 0.3) is 5.91 Å². The van der Waals surface area contributed by atoms with E-state index in [2.05, 4.69) is 15.4 Å². The molecule has 1 fully saturated rings. The summed E-state index contributed by atoms with van der Waals surface area (Å²) < 4.78 is 45.9. The predicted molar refractivity (Wildman–Crippen MR) is 112 cm³/mol. The lowest BCUT2D eigenvalue weighted by molar-refractivity contribution is -0.143. The number of nitrogens with zero attached hydrogens (tertiary/aromatic N) is 3. The number of halogens is 3. The van der Waals surface area contributed by atoms with Gasteiger partial charge in [-0.1, -0.05) is 6.07 Å². The van der Waals surface area contributed by atoms with Gasteiger partial charge >= 0.3 is 12.1 Å². The van der Waals surface area contributed by atoms with Crippen LogP contribution in [0.25, 0.3) is 10.9 Å². The van der Waals surface area contributed by atoms with E-state index in [-0.39, 0.29) is 23.3 Å². The number of benzene rings is 1. The number of rotatable bonds is 5. The Hall–Kier alpha value is -3.63. The van der Waals surface area contributed by atoms with Gasteiger partial charge in [-0.3, -0.25) is 14.3 Å². The molecule has 0 saturated heterocycles. The highest BCUT2D eigenvalue weighted by Crippen LogP contribution is 2.35. The summed E-state index contributed by atoms with van der Waals surface area (Å²) in [4.78, 5) is 27.1. The summed E-state index contributed by atoms with van der Waals surface area (Å²) in [7, 11) is 1.41. The molecule has 1 aromatic carbocycles. The molecule has 0 bridgehead atoms. The number of carbonyl (C=O) groups excluding carboxylic acids is 1. The van der Waals surface area contributed by atoms with Crippen LogP contribution >= 0.6 is 0 Å². The fraction of sp³-hybridized carbons (Fsp3) is 0.364. The number of carboxylic acid groups (broad SMARTS) is 1. The summed E-state index contributed by atoms with van der Waals surface area (Å²) in [5.74, 6) is -1.63. The maximum absolute atomic E-state index is 12.9. The number of aromatic nitrogens is 3. The molecule has 1 aliphatic rings. The molecule has 2 aromatic heterocycles. The second kappa shape index (κ2) is 8.72. The standard InChI is InChI=1S/C22H21F3N4O4/c1-33-18-10-16-13(11-29(28-16)14-7-5-12(6-8-14)21(31)32)9-17(18)27-20(30)15-3-2-4-19(26-15)22(23,24)25/h2-4,9-12,14H,5-8H2,1H3,(H,27,30)(H,31,32). The number of nitrogens with one attached hydrogen (secondary N) is 1. The second-order valence-electron chi connectivity index (χ2n) is 7.92. The van der Waals surface area contributed by atoms with Crippen molar-refractivity contribution in [2.24, 2.45) is 5.92 Å². The van der Waals surface area contributed by atoms with Crippen molar-refractivity contribution in [3.05, 3.63) is 47.9 Å². The van der Waals surface area contributed by atoms with Gasteiger partial charge in [0, 0.05) is 17.6 Å². The first-order valence-corrected chi connectivity index (χ1v) is 10.3. The van der Waals surface area contributed by atoms with Crippen LogP contribution in [0.1, 0.15) is 47.9 Å². The first-order chi connectivity index (χ1) is 15.7. The fourth-order valence-electron chi connectivity index (χ4n) is 4.02. The SMILES string of the molecule is COc1cc2nn(C3CCC(C(=O)O)CC3)cc2cc1NC(=O)c1cccc(C(F)(F)F)n1. The molecule has 0 radical (unpaired) electrons. The molecule has 4 rings (SSSR count). The minimum Gasteiger partial charge on any atom is -0.494 e. The Balaban J connectivity index is 1.57. The second-order valence-corrected chi connectivity index (χ2v) is 7.92. The highest BCUT2D eigenvalue weighted by molar-refractivity contribution is 6.05. The number of carboxylic acids is 1. The average molecular weight is 462 g/mol. The van der Waals surface area contributed by atoms with Crippen molar-refractivity contribution in [1.82, 2.24) is 14.8 Å². The molecule has 0 aliphatic heterocycles. The number of hydrogen-bond acceptors (Lipinski definition) is 5. The van der Waals surface area contributed by atoms with Crippen molar-refractivity contribution >= 4 is 28.5 Å². The third-order valence-corrected chi connectivity index (χ3v) is 5.78. The van der Waals surface area contributed by atoms with Crippen molar-refractivity contribution in [2.45, 2.75) is 37.9 Å². The molecule has 11 heteroatoms. The smallest absolute Gasteiger partial charge is 0.433 e. The van der Waals surface area contributed by atoms with Gasteiger partial charge in [-0.05, 0) is 43.9 Å². The van der Waals surface area contributed by atoms with Gasteiger partial charge in [-0.2, -0.15) is 18.3 Å². The summed E-state index contributed by atoms with van der Waals surface area (Å²) in [6.07, 6.45) is -0.334. The summed E-state index contributed by atoms with van der Waals surface area (Å²) in [6, 6.07) is 6.43. The molecular formula is C22H21F3N4O4. The third-order valence-electron chi connectivity index (χ3n) is 5.78. The number of carbonyl (C=O) groups is 2. The highest BCUT2D eigenvalue weighted by Gasteiger charge is 2.33. The zero-order chi connectivity index (χ0) is 23.8. The highest BCUT2D eigenvalue weighted by atomic mass is 19.4. The minimum atomic E-state index is -4.66. The van der Waals surface area contributed by atoms with E-state index in [9.17, 15) is 27.9 Å². The zero-order valence-electron chi connectivity index (χ0n) is 17.6. The lowest BCUT2D eigenvalue weighted by Gasteiger charge is -2.26. The Kier molecular flexibility index (Phi) is 5.96. The Bertz CT molecular complexity index is 1200. The van der Waals surface area contributed by atoms with Gasteiger partial charge < -0.3 is 15.2 Å². The normalized spacial score (nSPS) is 18.8. The van der Waals surface area contributed by atoms with Crippen molar-refractivity contribution in [3.8, 4) is 5.75 Å². The van der Waals surface area contributed by atoms with Gasteiger partial charge in [0.2, 0.25) is 0 Å². The fourth-order valence-corrected chi connectivity index (χ4v) is 4.02. The predicted octanol–water partition coefficient (Wildman–Crippen LogP) is 4.53. The van der Waals surface area contributed by atoms with Crippen LogP contribution in [-0.4, -0.2) is 38.9 Å². The van der Waals surface area contributed by atoms with E-state index in [1.807, 2.05) is 0 Å². The number of aliphatic carboxylic acids is 1. The first kappa shape index (κ1) is 22.6. The molecule has 8 nitrogen and oxygen atoms in total. The van der Waals surface area contributed by atoms with E-state index in [0.717, 1.165) is 12.1 Å². The van der Waals surface area contributed by atoms with Crippen molar-refractivity contribution in [1.29, 1.82) is 0 Å². The number of alkyl halides is 3. The quantitative estimate of drug-likeness (QED) is 0.577. The number of anilines is 1. The van der Waals surface area contributed by atoms with E-state index in [4.69, 9.17) is 4.74 Å². The third kappa shape index (κ3) is 4.76. The molecule has 1 aliphatic carbocycles. The number of fused-ring (bicyclic) bond motifs is 1. The largest absolute Gasteiger partial charge is 0.494 e. The number of pyridine rings is 1. The van der Waals surface area contributed by atoms with E-state index >= 15 is 0 Å². The molecule has 0 unspecified atom stereocenters. The maximum Gasteiger partial charge on any atom is 0.433 e. The van der Waals surface area contributed by atoms with E-state index in [1.165, 1.54) is 13.2 Å². The zero-order valence-corrected chi connectivity index (χ0v) is 17.6. The van der Waals surface area contributed by atoms with Gasteiger partial charge in [-0.15, -0.1) is 0 Å². The molecule has 0 atom stereocenters. The van der Waals surface area contributed by atoms with Crippen molar-refractivity contribution < 1.29 is 32.6 Å². The maximum atomic E-state index is 12.9. The summed E-state index contributed by atoms with van der Waals surface area (Å²) in [5, 5.41) is 17.0. The van der Waals surface area contributed by atoms with Crippen LogP contribution in [0.3, 0.4) is 0 Å². The molecule has 33 heavy (non-hydrogen) atoms. The molecule has 1 saturated carbocycles. The van der Waals surface area contributed by atoms with Crippen LogP contribution in [0.15, 0.2) is 36.5 Å². The monoisotopic (exact) mass is 462 g/mol. The van der Waals surface area contributed by atoms with Crippen LogP contribution in [0.4, 0.5) is 18.9 Å². The Morgan fingerprint density at radius 3 is 2.55 bits per heavy atom. The molecular weight excluding hydrogens is 441 g/mol. The van der Waals surface area contributed by atoms with E-state index in [1.54, 1.807) is 23.0 Å². The van der Waals surface area contributed by atoms with Crippen molar-refractivity contribution in [2.75, 3.05) is 12.4 Å². The lowest BCUT2D eigenvalue weighted by Crippen LogP contribution is -2.23. The number of hydrogen-bond donors (Lipinski definition) is 2. The lowest BCUT2D eigenvalue weighted by atomic mass is 9.86. The molecule has 2 heterocycles. The van der Waals surface area contributed by atoms with E-state index < -0.39 is 23.7 Å². The van der Waals surface area contributed by atoms with Gasteiger partial charge in [-0.25, -0.2) is 4.98 Å². The minimum absolute atomic E-state index is 0.0614. The molecule has 0 spiro atoms. The molecule has 3 aromatic rings. The molecule has 2 N–H and O–H groups in total. The van der Waals surface area contributed by atoms with Crippen LogP contribution < -0.4 is 10.1 Å². The van der Waals surface area contributed by atoms with Gasteiger partial charge in [0.05, 0.1) is 30.3 Å². The molecule has 1 amide bonds. The Labute approximate surface area is 186 Å². The van der Waals surface area contributed by atoms with Crippen LogP contribution in [0.5, 0.6) is 5.75 Å². The Morgan fingerprint density at radius 2 is 1.91 bits per heavy atom. The first-order valence-electron chi connectivity index (χ1n) is 10.3. The number of methoxy groups -OCH3 is 1. The Morgan fingerprint density at radius 1 is 1.18 bits per heavy atom. The van der Waals surface area contributed by atoms with Crippen LogP contribution in [0, 0.1) is 5.92 Å². The number of amides is 1. The van der Waals surface area contributed by atoms with Crippen molar-refractivity contribution in [3.63, 3.8) is 0 Å². The topological polar surface area (TPSA) is 106 Å². The van der Waals surface area contributed by atoms with Gasteiger partial charge in [0.15, 0.2) is 0 Å². The van der Waals surface area contributed by atoms with Crippen LogP contribution in [0.2, 0.25) is 0 Å². The molecule has 174 valence electrons. The van der Waals surface area contributed by atoms with Gasteiger partial charge in [0.1, 0.15) is 17.1 Å². The average Bonchev–Trinajstić information content (AvgIpc) is 3.21. The van der Waals surface area contributed by atoms with Crippen LogP contribution in [-0.2, 0) is 11.0 Å². The number of ether oxygens (including phenoxy) is 1. The summed E-state index contributed by atoms with van der Waals surface area (Å²) in [5.41, 5.74) is -0.653. The summed E-state index contributed by atoms with van der Waals surface area (Å²) >= 11 is 0.